The molecular weight excluding hydrogens is 232 g/mol. The number of likely N-dealkylation sites (tertiary alicyclic amines) is 1. The van der Waals surface area contributed by atoms with E-state index in [1.54, 1.807) is 11.3 Å². The van der Waals surface area contributed by atoms with Crippen LogP contribution in [0.1, 0.15) is 37.4 Å². The average molecular weight is 252 g/mol. The second kappa shape index (κ2) is 5.74. The van der Waals surface area contributed by atoms with Crippen molar-refractivity contribution in [1.82, 2.24) is 9.88 Å². The highest BCUT2D eigenvalue weighted by atomic mass is 32.1. The predicted molar refractivity (Wildman–Crippen MR) is 70.5 cm³/mol. The Bertz CT molecular complexity index is 375. The minimum absolute atomic E-state index is 0.453. The predicted octanol–water partition coefficient (Wildman–Crippen LogP) is 2.30. The maximum absolute atomic E-state index is 10.4. The lowest BCUT2D eigenvalue weighted by molar-refractivity contribution is -0.107. The molecule has 0 amide bonds. The van der Waals surface area contributed by atoms with Crippen molar-refractivity contribution < 1.29 is 4.79 Å². The molecular formula is C13H20N2OS. The van der Waals surface area contributed by atoms with E-state index in [4.69, 9.17) is 0 Å². The van der Waals surface area contributed by atoms with Gasteiger partial charge in [0, 0.05) is 30.3 Å². The van der Waals surface area contributed by atoms with Crippen LogP contribution in [0.25, 0.3) is 0 Å². The minimum atomic E-state index is 0.453. The molecule has 1 aromatic heterocycles. The molecule has 0 aromatic carbocycles. The maximum Gasteiger partial charge on any atom is 0.125 e. The van der Waals surface area contributed by atoms with Crippen LogP contribution in [-0.4, -0.2) is 34.8 Å². The fourth-order valence-corrected chi connectivity index (χ4v) is 3.46. The molecule has 4 heteroatoms. The number of rotatable bonds is 5. The molecule has 0 N–H and O–H groups in total. The van der Waals surface area contributed by atoms with E-state index in [1.807, 2.05) is 5.38 Å². The summed E-state index contributed by atoms with van der Waals surface area (Å²) >= 11 is 1.69. The van der Waals surface area contributed by atoms with Gasteiger partial charge in [0.1, 0.15) is 6.29 Å². The number of carbonyl (C=O) groups excluding carboxylic acids is 1. The number of aromatic nitrogens is 1. The van der Waals surface area contributed by atoms with E-state index >= 15 is 0 Å². The van der Waals surface area contributed by atoms with Gasteiger partial charge < -0.3 is 4.79 Å². The fourth-order valence-electron chi connectivity index (χ4n) is 2.58. The zero-order valence-corrected chi connectivity index (χ0v) is 11.4. The van der Waals surface area contributed by atoms with Crippen LogP contribution in [0.4, 0.5) is 0 Å². The molecule has 0 aliphatic carbocycles. The number of aldehydes is 1. The van der Waals surface area contributed by atoms with Gasteiger partial charge >= 0.3 is 0 Å². The second-order valence-electron chi connectivity index (χ2n) is 4.94. The van der Waals surface area contributed by atoms with E-state index in [-0.39, 0.29) is 0 Å². The highest BCUT2D eigenvalue weighted by Gasteiger charge is 2.27. The Morgan fingerprint density at radius 1 is 1.65 bits per heavy atom. The summed E-state index contributed by atoms with van der Waals surface area (Å²) < 4.78 is 0. The summed E-state index contributed by atoms with van der Waals surface area (Å²) in [6.45, 7) is 5.74. The first-order valence-corrected chi connectivity index (χ1v) is 7.21. The largest absolute Gasteiger partial charge is 0.303 e. The number of nitrogens with zero attached hydrogens (tertiary/aromatic N) is 2. The SMILES string of the molecule is CC(C)N1CCCC1Cc1nc(CC=O)cs1. The third-order valence-corrected chi connectivity index (χ3v) is 4.31. The fraction of sp³-hybridized carbons (Fsp3) is 0.692. The standard InChI is InChI=1S/C13H20N2OS/c1-10(2)15-6-3-4-12(15)8-13-14-11(5-7-16)9-17-13/h7,9-10,12H,3-6,8H2,1-2H3. The molecule has 1 saturated heterocycles. The van der Waals surface area contributed by atoms with Gasteiger partial charge in [0.25, 0.3) is 0 Å². The Morgan fingerprint density at radius 3 is 3.18 bits per heavy atom. The van der Waals surface area contributed by atoms with Crippen molar-refractivity contribution in [2.24, 2.45) is 0 Å². The van der Waals surface area contributed by atoms with Crippen LogP contribution in [0.3, 0.4) is 0 Å². The van der Waals surface area contributed by atoms with Crippen LogP contribution in [0.15, 0.2) is 5.38 Å². The highest BCUT2D eigenvalue weighted by molar-refractivity contribution is 7.09. The van der Waals surface area contributed by atoms with Gasteiger partial charge in [0.15, 0.2) is 0 Å². The zero-order valence-electron chi connectivity index (χ0n) is 10.6. The van der Waals surface area contributed by atoms with E-state index in [9.17, 15) is 4.79 Å². The zero-order chi connectivity index (χ0) is 12.3. The number of carbonyl (C=O) groups is 1. The Labute approximate surface area is 107 Å². The molecule has 0 saturated carbocycles. The molecule has 1 fully saturated rings. The van der Waals surface area contributed by atoms with Gasteiger partial charge in [-0.05, 0) is 33.2 Å². The van der Waals surface area contributed by atoms with Gasteiger partial charge in [0.05, 0.1) is 10.7 Å². The highest BCUT2D eigenvalue weighted by Crippen LogP contribution is 2.24. The summed E-state index contributed by atoms with van der Waals surface area (Å²) in [6, 6.07) is 1.27. The average Bonchev–Trinajstić information content (AvgIpc) is 2.89. The van der Waals surface area contributed by atoms with Crippen molar-refractivity contribution in [2.75, 3.05) is 6.54 Å². The number of hydrogen-bond donors (Lipinski definition) is 0. The van der Waals surface area contributed by atoms with Crippen molar-refractivity contribution in [2.45, 2.75) is 51.6 Å². The molecule has 2 heterocycles. The van der Waals surface area contributed by atoms with Crippen molar-refractivity contribution >= 4 is 17.6 Å². The van der Waals surface area contributed by atoms with Crippen LogP contribution in [0, 0.1) is 0 Å². The van der Waals surface area contributed by atoms with Gasteiger partial charge in [-0.1, -0.05) is 0 Å². The lowest BCUT2D eigenvalue weighted by Crippen LogP contribution is -2.36. The third kappa shape index (κ3) is 3.13. The first kappa shape index (κ1) is 12.7. The quantitative estimate of drug-likeness (QED) is 0.754. The molecule has 0 radical (unpaired) electrons. The molecule has 1 aliphatic heterocycles. The lowest BCUT2D eigenvalue weighted by Gasteiger charge is -2.27. The maximum atomic E-state index is 10.4. The third-order valence-electron chi connectivity index (χ3n) is 3.39. The van der Waals surface area contributed by atoms with Crippen molar-refractivity contribution in [3.63, 3.8) is 0 Å². The summed E-state index contributed by atoms with van der Waals surface area (Å²) in [5.74, 6) is 0. The van der Waals surface area contributed by atoms with Gasteiger partial charge in [-0.25, -0.2) is 4.98 Å². The molecule has 0 spiro atoms. The van der Waals surface area contributed by atoms with E-state index in [0.717, 1.165) is 18.4 Å². The van der Waals surface area contributed by atoms with E-state index in [1.165, 1.54) is 24.4 Å². The van der Waals surface area contributed by atoms with Gasteiger partial charge in [-0.2, -0.15) is 0 Å². The summed E-state index contributed by atoms with van der Waals surface area (Å²) in [5, 5.41) is 3.19. The van der Waals surface area contributed by atoms with Gasteiger partial charge in [-0.3, -0.25) is 4.90 Å². The van der Waals surface area contributed by atoms with Crippen LogP contribution in [-0.2, 0) is 17.6 Å². The molecule has 3 nitrogen and oxygen atoms in total. The van der Waals surface area contributed by atoms with E-state index in [2.05, 4.69) is 23.7 Å². The first-order valence-electron chi connectivity index (χ1n) is 6.33. The molecule has 2 rings (SSSR count). The Morgan fingerprint density at radius 2 is 2.47 bits per heavy atom. The van der Waals surface area contributed by atoms with E-state index in [0.29, 0.717) is 18.5 Å². The summed E-state index contributed by atoms with van der Waals surface area (Å²) in [4.78, 5) is 17.5. The smallest absolute Gasteiger partial charge is 0.125 e. The Hall–Kier alpha value is -0.740. The second-order valence-corrected chi connectivity index (χ2v) is 5.88. The monoisotopic (exact) mass is 252 g/mol. The number of thiazole rings is 1. The molecule has 94 valence electrons. The minimum Gasteiger partial charge on any atom is -0.303 e. The molecule has 1 unspecified atom stereocenters. The van der Waals surface area contributed by atoms with Crippen LogP contribution >= 0.6 is 11.3 Å². The van der Waals surface area contributed by atoms with Crippen molar-refractivity contribution in [3.05, 3.63) is 16.1 Å². The molecule has 1 aromatic rings. The molecule has 17 heavy (non-hydrogen) atoms. The molecule has 1 atom stereocenters. The lowest BCUT2D eigenvalue weighted by atomic mass is 10.1. The molecule has 1 aliphatic rings. The summed E-state index contributed by atoms with van der Waals surface area (Å²) in [6.07, 6.45) is 5.00. The normalized spacial score (nSPS) is 21.2. The summed E-state index contributed by atoms with van der Waals surface area (Å²) in [5.41, 5.74) is 0.925. The van der Waals surface area contributed by atoms with Crippen LogP contribution in [0.5, 0.6) is 0 Å². The van der Waals surface area contributed by atoms with E-state index < -0.39 is 0 Å². The van der Waals surface area contributed by atoms with Crippen LogP contribution in [0.2, 0.25) is 0 Å². The van der Waals surface area contributed by atoms with Crippen molar-refractivity contribution in [3.8, 4) is 0 Å². The summed E-state index contributed by atoms with van der Waals surface area (Å²) in [7, 11) is 0. The van der Waals surface area contributed by atoms with Gasteiger partial charge in [0.2, 0.25) is 0 Å². The Balaban J connectivity index is 1.97. The number of hydrogen-bond acceptors (Lipinski definition) is 4. The molecule has 0 bridgehead atoms. The topological polar surface area (TPSA) is 33.2 Å². The first-order chi connectivity index (χ1) is 8.20. The van der Waals surface area contributed by atoms with Crippen molar-refractivity contribution in [1.29, 1.82) is 0 Å². The Kier molecular flexibility index (Phi) is 4.29. The van der Waals surface area contributed by atoms with Crippen LogP contribution < -0.4 is 0 Å². The van der Waals surface area contributed by atoms with Gasteiger partial charge in [-0.15, -0.1) is 11.3 Å².